The van der Waals surface area contributed by atoms with E-state index in [1.165, 1.54) is 29.5 Å². The molecule has 1 heterocycles. The third-order valence-electron chi connectivity index (χ3n) is 2.66. The van der Waals surface area contributed by atoms with Gasteiger partial charge in [0, 0.05) is 17.0 Å². The summed E-state index contributed by atoms with van der Waals surface area (Å²) in [6, 6.07) is 7.77. The van der Waals surface area contributed by atoms with Crippen molar-refractivity contribution in [3.05, 3.63) is 50.9 Å². The molecule has 3 nitrogen and oxygen atoms in total. The molecule has 18 heavy (non-hydrogen) atoms. The highest BCUT2D eigenvalue weighted by Gasteiger charge is 2.15. The quantitative estimate of drug-likeness (QED) is 0.460. The highest BCUT2D eigenvalue weighted by molar-refractivity contribution is 7.16. The zero-order chi connectivity index (χ0) is 13.1. The normalized spacial score (nSPS) is 12.6. The van der Waals surface area contributed by atoms with Crippen LogP contribution in [-0.2, 0) is 6.42 Å². The second-order valence-corrected chi connectivity index (χ2v) is 5.70. The third kappa shape index (κ3) is 3.00. The van der Waals surface area contributed by atoms with Gasteiger partial charge in [-0.3, -0.25) is 11.3 Å². The van der Waals surface area contributed by atoms with Crippen LogP contribution in [0.25, 0.3) is 0 Å². The van der Waals surface area contributed by atoms with E-state index in [1.807, 2.05) is 12.1 Å². The molecule has 0 fully saturated rings. The van der Waals surface area contributed by atoms with Gasteiger partial charge in [-0.05, 0) is 35.9 Å². The molecule has 0 aliphatic heterocycles. The molecule has 1 unspecified atom stereocenters. The van der Waals surface area contributed by atoms with Gasteiger partial charge in [0.15, 0.2) is 0 Å². The van der Waals surface area contributed by atoms with Crippen LogP contribution in [0.3, 0.4) is 0 Å². The third-order valence-corrected chi connectivity index (χ3v) is 3.91. The molecule has 2 aromatic rings. The number of anilines is 1. The van der Waals surface area contributed by atoms with E-state index in [9.17, 15) is 4.39 Å². The van der Waals surface area contributed by atoms with Crippen molar-refractivity contribution in [3.8, 4) is 0 Å². The monoisotopic (exact) mass is 285 g/mol. The second-order valence-electron chi connectivity index (χ2n) is 3.90. The first kappa shape index (κ1) is 13.3. The van der Waals surface area contributed by atoms with Crippen molar-refractivity contribution in [2.75, 3.05) is 5.73 Å². The molecule has 96 valence electrons. The SMILES string of the molecule is NNC(Cc1ccc(Cl)s1)c1cc(F)ccc1N. The van der Waals surface area contributed by atoms with Gasteiger partial charge in [-0.25, -0.2) is 4.39 Å². The number of hydrogen-bond donors (Lipinski definition) is 3. The van der Waals surface area contributed by atoms with E-state index in [4.69, 9.17) is 23.2 Å². The molecule has 6 heteroatoms. The molecule has 0 saturated carbocycles. The summed E-state index contributed by atoms with van der Waals surface area (Å²) in [6.45, 7) is 0. The number of hydrazine groups is 1. The van der Waals surface area contributed by atoms with Gasteiger partial charge in [-0.1, -0.05) is 11.6 Å². The summed E-state index contributed by atoms with van der Waals surface area (Å²) in [5.41, 5.74) is 9.67. The Bertz CT molecular complexity index is 544. The second kappa shape index (κ2) is 5.67. The Balaban J connectivity index is 2.25. The average Bonchev–Trinajstić information content (AvgIpc) is 2.75. The van der Waals surface area contributed by atoms with Crippen molar-refractivity contribution in [3.63, 3.8) is 0 Å². The van der Waals surface area contributed by atoms with Crippen molar-refractivity contribution >= 4 is 28.6 Å². The summed E-state index contributed by atoms with van der Waals surface area (Å²) in [6.07, 6.45) is 0.613. The zero-order valence-electron chi connectivity index (χ0n) is 9.49. The van der Waals surface area contributed by atoms with Crippen LogP contribution in [-0.4, -0.2) is 0 Å². The van der Waals surface area contributed by atoms with E-state index >= 15 is 0 Å². The van der Waals surface area contributed by atoms with Crippen molar-refractivity contribution < 1.29 is 4.39 Å². The highest BCUT2D eigenvalue weighted by Crippen LogP contribution is 2.28. The smallest absolute Gasteiger partial charge is 0.123 e. The fourth-order valence-electron chi connectivity index (χ4n) is 1.77. The van der Waals surface area contributed by atoms with E-state index in [1.54, 1.807) is 0 Å². The number of halogens is 2. The van der Waals surface area contributed by atoms with E-state index in [0.29, 0.717) is 22.0 Å². The van der Waals surface area contributed by atoms with Crippen LogP contribution >= 0.6 is 22.9 Å². The summed E-state index contributed by atoms with van der Waals surface area (Å²) in [5, 5.41) is 0. The van der Waals surface area contributed by atoms with Gasteiger partial charge in [0.1, 0.15) is 5.82 Å². The molecule has 1 aromatic carbocycles. The van der Waals surface area contributed by atoms with Crippen LogP contribution in [0.15, 0.2) is 30.3 Å². The van der Waals surface area contributed by atoms with Gasteiger partial charge in [0.05, 0.1) is 10.4 Å². The first-order chi connectivity index (χ1) is 8.60. The predicted octanol–water partition coefficient (Wildman–Crippen LogP) is 2.87. The van der Waals surface area contributed by atoms with E-state index in [0.717, 1.165) is 4.88 Å². The molecule has 0 amide bonds. The number of nitrogen functional groups attached to an aromatic ring is 1. The van der Waals surface area contributed by atoms with Crippen LogP contribution in [0, 0.1) is 5.82 Å². The molecule has 5 N–H and O–H groups in total. The molecule has 0 saturated heterocycles. The summed E-state index contributed by atoms with van der Waals surface area (Å²) in [5.74, 6) is 5.19. The maximum Gasteiger partial charge on any atom is 0.123 e. The molecule has 0 bridgehead atoms. The minimum absolute atomic E-state index is 0.240. The Morgan fingerprint density at radius 2 is 2.11 bits per heavy atom. The molecule has 1 aromatic heterocycles. The molecule has 0 aliphatic rings. The Kier molecular flexibility index (Phi) is 4.19. The van der Waals surface area contributed by atoms with Gasteiger partial charge in [-0.15, -0.1) is 11.3 Å². The van der Waals surface area contributed by atoms with Gasteiger partial charge in [-0.2, -0.15) is 0 Å². The molecule has 0 aliphatic carbocycles. The highest BCUT2D eigenvalue weighted by atomic mass is 35.5. The zero-order valence-corrected chi connectivity index (χ0v) is 11.1. The number of rotatable bonds is 4. The lowest BCUT2D eigenvalue weighted by molar-refractivity contribution is 0.549. The fraction of sp³-hybridized carbons (Fsp3) is 0.167. The number of hydrogen-bond acceptors (Lipinski definition) is 4. The Hall–Kier alpha value is -1.14. The van der Waals surface area contributed by atoms with Gasteiger partial charge in [0.25, 0.3) is 0 Å². The molecule has 2 rings (SSSR count). The summed E-state index contributed by atoms with van der Waals surface area (Å²) < 4.78 is 14.0. The van der Waals surface area contributed by atoms with E-state index < -0.39 is 0 Å². The Morgan fingerprint density at radius 3 is 2.72 bits per heavy atom. The molecule has 0 spiro atoms. The van der Waals surface area contributed by atoms with Gasteiger partial charge in [0.2, 0.25) is 0 Å². The average molecular weight is 286 g/mol. The van der Waals surface area contributed by atoms with E-state index in [2.05, 4.69) is 5.43 Å². The standard InChI is InChI=1S/C12H13ClFN3S/c13-12-4-2-8(18-12)6-11(17-16)9-5-7(14)1-3-10(9)15/h1-5,11,17H,6,15-16H2. The Morgan fingerprint density at radius 1 is 1.33 bits per heavy atom. The lowest BCUT2D eigenvalue weighted by Crippen LogP contribution is -2.30. The Labute approximate surface area is 114 Å². The number of thiophene rings is 1. The van der Waals surface area contributed by atoms with Crippen molar-refractivity contribution in [1.82, 2.24) is 5.43 Å². The largest absolute Gasteiger partial charge is 0.398 e. The van der Waals surface area contributed by atoms with Crippen LogP contribution in [0.4, 0.5) is 10.1 Å². The van der Waals surface area contributed by atoms with Crippen LogP contribution in [0.5, 0.6) is 0 Å². The predicted molar refractivity (Wildman–Crippen MR) is 73.9 cm³/mol. The fourth-order valence-corrected chi connectivity index (χ4v) is 2.90. The van der Waals surface area contributed by atoms with Gasteiger partial charge < -0.3 is 5.73 Å². The number of nitrogens with two attached hydrogens (primary N) is 2. The molecular formula is C12H13ClFN3S. The van der Waals surface area contributed by atoms with Crippen molar-refractivity contribution in [2.24, 2.45) is 5.84 Å². The van der Waals surface area contributed by atoms with E-state index in [-0.39, 0.29) is 11.9 Å². The van der Waals surface area contributed by atoms with Gasteiger partial charge >= 0.3 is 0 Å². The number of nitrogens with one attached hydrogen (secondary N) is 1. The van der Waals surface area contributed by atoms with Crippen LogP contribution in [0.1, 0.15) is 16.5 Å². The minimum atomic E-state index is -0.330. The number of benzene rings is 1. The summed E-state index contributed by atoms with van der Waals surface area (Å²) in [4.78, 5) is 1.06. The lowest BCUT2D eigenvalue weighted by atomic mass is 10.0. The summed E-state index contributed by atoms with van der Waals surface area (Å²) >= 11 is 7.34. The first-order valence-corrected chi connectivity index (χ1v) is 6.55. The van der Waals surface area contributed by atoms with Crippen molar-refractivity contribution in [2.45, 2.75) is 12.5 Å². The van der Waals surface area contributed by atoms with Crippen LogP contribution < -0.4 is 17.0 Å². The van der Waals surface area contributed by atoms with Crippen molar-refractivity contribution in [1.29, 1.82) is 0 Å². The van der Waals surface area contributed by atoms with Crippen LogP contribution in [0.2, 0.25) is 4.34 Å². The molecular weight excluding hydrogens is 273 g/mol. The molecule has 0 radical (unpaired) electrons. The summed E-state index contributed by atoms with van der Waals surface area (Å²) in [7, 11) is 0. The maximum absolute atomic E-state index is 13.2. The lowest BCUT2D eigenvalue weighted by Gasteiger charge is -2.17. The molecule has 1 atom stereocenters. The maximum atomic E-state index is 13.2. The first-order valence-electron chi connectivity index (χ1n) is 5.35. The minimum Gasteiger partial charge on any atom is -0.398 e. The topological polar surface area (TPSA) is 64.1 Å².